The molecule has 0 aliphatic heterocycles. The number of hydrogen-bond donors (Lipinski definition) is 2. The van der Waals surface area contributed by atoms with E-state index >= 15 is 0 Å². The first-order chi connectivity index (χ1) is 20.4. The highest BCUT2D eigenvalue weighted by molar-refractivity contribution is 7.98. The van der Waals surface area contributed by atoms with Crippen LogP contribution >= 0.6 is 35.1 Å². The van der Waals surface area contributed by atoms with E-state index in [1.54, 1.807) is 18.2 Å². The lowest BCUT2D eigenvalue weighted by Crippen LogP contribution is -2.23. The maximum absolute atomic E-state index is 12.3. The highest BCUT2D eigenvalue weighted by Crippen LogP contribution is 2.39. The van der Waals surface area contributed by atoms with Gasteiger partial charge in [0, 0.05) is 22.1 Å². The van der Waals surface area contributed by atoms with Crippen molar-refractivity contribution in [3.8, 4) is 28.1 Å². The molecule has 1 aliphatic carbocycles. The number of aromatic nitrogens is 1. The molecule has 6 rings (SSSR count). The second-order valence-electron chi connectivity index (χ2n) is 10.6. The molecular formula is C33H29Cl2N3O3S. The Bertz CT molecular complexity index is 1730. The molecule has 1 aromatic heterocycles. The highest BCUT2D eigenvalue weighted by Gasteiger charge is 2.24. The van der Waals surface area contributed by atoms with E-state index in [-0.39, 0.29) is 18.6 Å². The van der Waals surface area contributed by atoms with Crippen LogP contribution in [0, 0.1) is 0 Å². The third kappa shape index (κ3) is 6.24. The third-order valence-corrected chi connectivity index (χ3v) is 8.82. The van der Waals surface area contributed by atoms with Crippen molar-refractivity contribution in [2.24, 2.45) is 0 Å². The van der Waals surface area contributed by atoms with Gasteiger partial charge in [0.1, 0.15) is 23.8 Å². The summed E-state index contributed by atoms with van der Waals surface area (Å²) in [5, 5.41) is 10.9. The first kappa shape index (κ1) is 28.5. The Balaban J connectivity index is 1.18. The van der Waals surface area contributed by atoms with Crippen LogP contribution in [0.3, 0.4) is 0 Å². The fourth-order valence-electron chi connectivity index (χ4n) is 4.78. The van der Waals surface area contributed by atoms with Crippen LogP contribution < -0.4 is 14.8 Å². The lowest BCUT2D eigenvalue weighted by atomic mass is 10.00. The summed E-state index contributed by atoms with van der Waals surface area (Å²) in [7, 11) is 0. The zero-order valence-electron chi connectivity index (χ0n) is 23.1. The Morgan fingerprint density at radius 2 is 1.71 bits per heavy atom. The van der Waals surface area contributed by atoms with Crippen LogP contribution in [0.25, 0.3) is 33.2 Å². The molecule has 0 saturated heterocycles. The quantitative estimate of drug-likeness (QED) is 0.161. The van der Waals surface area contributed by atoms with Gasteiger partial charge in [-0.1, -0.05) is 84.7 Å². The summed E-state index contributed by atoms with van der Waals surface area (Å²) in [4.78, 5) is 12.3. The Morgan fingerprint density at radius 3 is 2.43 bits per heavy atom. The summed E-state index contributed by atoms with van der Waals surface area (Å²) in [6.45, 7) is 4.34. The second-order valence-corrected chi connectivity index (χ2v) is 12.5. The van der Waals surface area contributed by atoms with E-state index in [1.807, 2.05) is 62.4 Å². The SMILES string of the molecule is CC(C)c1onc(-c2c(Cl)cccc2Cl)c1COc1ccc(-c2ccc3c(NC(=O)NSC4CC4)cccc3c2)cc1. The van der Waals surface area contributed by atoms with E-state index in [0.717, 1.165) is 51.8 Å². The van der Waals surface area contributed by atoms with Gasteiger partial charge in [0.25, 0.3) is 0 Å². The van der Waals surface area contributed by atoms with Crippen LogP contribution in [0.1, 0.15) is 43.9 Å². The number of nitrogens with zero attached hydrogens (tertiary/aromatic N) is 1. The number of fused-ring (bicyclic) bond motifs is 1. The number of nitrogens with one attached hydrogen (secondary N) is 2. The van der Waals surface area contributed by atoms with Crippen LogP contribution in [0.2, 0.25) is 10.0 Å². The van der Waals surface area contributed by atoms with E-state index in [9.17, 15) is 4.79 Å². The number of anilines is 1. The minimum atomic E-state index is -0.201. The number of carbonyl (C=O) groups is 1. The van der Waals surface area contributed by atoms with Crippen LogP contribution in [-0.4, -0.2) is 16.4 Å². The minimum Gasteiger partial charge on any atom is -0.489 e. The zero-order valence-corrected chi connectivity index (χ0v) is 25.4. The molecule has 0 spiro atoms. The monoisotopic (exact) mass is 617 g/mol. The van der Waals surface area contributed by atoms with E-state index < -0.39 is 0 Å². The summed E-state index contributed by atoms with van der Waals surface area (Å²) in [5.74, 6) is 1.56. The largest absolute Gasteiger partial charge is 0.489 e. The maximum Gasteiger partial charge on any atom is 0.329 e. The van der Waals surface area contributed by atoms with Gasteiger partial charge in [-0.15, -0.1) is 0 Å². The number of carbonyl (C=O) groups excluding carboxylic acids is 1. The van der Waals surface area contributed by atoms with Crippen LogP contribution in [0.4, 0.5) is 10.5 Å². The fraction of sp³-hybridized carbons (Fsp3) is 0.212. The summed E-state index contributed by atoms with van der Waals surface area (Å²) < 4.78 is 14.8. The molecule has 1 fully saturated rings. The predicted molar refractivity (Wildman–Crippen MR) is 173 cm³/mol. The molecule has 0 bridgehead atoms. The van der Waals surface area contributed by atoms with Crippen LogP contribution in [0.5, 0.6) is 5.75 Å². The van der Waals surface area contributed by atoms with Gasteiger partial charge >= 0.3 is 6.03 Å². The molecule has 0 radical (unpaired) electrons. The number of ether oxygens (including phenoxy) is 1. The number of hydrogen-bond acceptors (Lipinski definition) is 5. The minimum absolute atomic E-state index is 0.105. The van der Waals surface area contributed by atoms with Gasteiger partial charge in [0.15, 0.2) is 0 Å². The number of benzene rings is 4. The lowest BCUT2D eigenvalue weighted by Gasteiger charge is -2.12. The highest BCUT2D eigenvalue weighted by atomic mass is 35.5. The predicted octanol–water partition coefficient (Wildman–Crippen LogP) is 10.1. The topological polar surface area (TPSA) is 76.4 Å². The van der Waals surface area contributed by atoms with E-state index in [4.69, 9.17) is 32.5 Å². The summed E-state index contributed by atoms with van der Waals surface area (Å²) in [6, 6.07) is 25.3. The van der Waals surface area contributed by atoms with Crippen molar-refractivity contribution in [1.29, 1.82) is 0 Å². The molecule has 1 saturated carbocycles. The first-order valence-corrected chi connectivity index (χ1v) is 15.4. The summed E-state index contributed by atoms with van der Waals surface area (Å²) >= 11 is 14.5. The van der Waals surface area contributed by atoms with Crippen molar-refractivity contribution >= 4 is 57.6 Å². The standard InChI is InChI=1S/C33H29Cl2N3O3S/c1-19(2)32-26(31(37-41-32)30-27(34)6-4-7-28(30)35)18-40-23-12-9-20(10-13-23)21-11-16-25-22(17-21)5-3-8-29(25)36-33(39)38-42-24-14-15-24/h3-13,16-17,19,24H,14-15,18H2,1-2H3,(H2,36,38,39). The van der Waals surface area contributed by atoms with Gasteiger partial charge in [0.2, 0.25) is 0 Å². The van der Waals surface area contributed by atoms with Crippen molar-refractivity contribution < 1.29 is 14.1 Å². The van der Waals surface area contributed by atoms with Crippen molar-refractivity contribution in [1.82, 2.24) is 9.88 Å². The average Bonchev–Trinajstić information content (AvgIpc) is 3.73. The molecule has 5 aromatic rings. The van der Waals surface area contributed by atoms with Gasteiger partial charge in [0.05, 0.1) is 21.3 Å². The molecular weight excluding hydrogens is 589 g/mol. The normalized spacial score (nSPS) is 13.0. The van der Waals surface area contributed by atoms with Gasteiger partial charge in [-0.3, -0.25) is 4.72 Å². The Kier molecular flexibility index (Phi) is 8.34. The number of rotatable bonds is 9. The first-order valence-electron chi connectivity index (χ1n) is 13.8. The molecule has 1 heterocycles. The Hall–Kier alpha value is -3.65. The second kappa shape index (κ2) is 12.3. The molecule has 9 heteroatoms. The Morgan fingerprint density at radius 1 is 1.00 bits per heavy atom. The lowest BCUT2D eigenvalue weighted by molar-refractivity contribution is 0.257. The average molecular weight is 619 g/mol. The number of halogens is 2. The molecule has 1 aliphatic rings. The number of amides is 2. The van der Waals surface area contributed by atoms with Crippen molar-refractivity contribution in [2.75, 3.05) is 5.32 Å². The van der Waals surface area contributed by atoms with Crippen LogP contribution in [-0.2, 0) is 6.61 Å². The molecule has 42 heavy (non-hydrogen) atoms. The molecule has 2 N–H and O–H groups in total. The van der Waals surface area contributed by atoms with E-state index in [2.05, 4.69) is 27.3 Å². The van der Waals surface area contributed by atoms with E-state index in [1.165, 1.54) is 11.9 Å². The van der Waals surface area contributed by atoms with Crippen molar-refractivity contribution in [3.05, 3.63) is 100 Å². The van der Waals surface area contributed by atoms with Crippen LogP contribution in [0.15, 0.2) is 83.4 Å². The van der Waals surface area contributed by atoms with Gasteiger partial charge in [-0.25, -0.2) is 4.79 Å². The third-order valence-electron chi connectivity index (χ3n) is 7.08. The Labute approximate surface area is 258 Å². The van der Waals surface area contributed by atoms with Gasteiger partial charge in [-0.05, 0) is 77.7 Å². The van der Waals surface area contributed by atoms with Crippen molar-refractivity contribution in [2.45, 2.75) is 44.5 Å². The van der Waals surface area contributed by atoms with E-state index in [0.29, 0.717) is 32.3 Å². The number of urea groups is 1. The molecule has 2 amide bonds. The molecule has 0 atom stereocenters. The molecule has 214 valence electrons. The summed E-state index contributed by atoms with van der Waals surface area (Å²) in [6.07, 6.45) is 2.33. The summed E-state index contributed by atoms with van der Waals surface area (Å²) in [5.41, 5.74) is 4.95. The smallest absolute Gasteiger partial charge is 0.329 e. The molecule has 6 nitrogen and oxygen atoms in total. The van der Waals surface area contributed by atoms with Crippen molar-refractivity contribution in [3.63, 3.8) is 0 Å². The molecule has 4 aromatic carbocycles. The fourth-order valence-corrected chi connectivity index (χ4v) is 6.05. The maximum atomic E-state index is 12.3. The van der Waals surface area contributed by atoms with Gasteiger partial charge < -0.3 is 14.6 Å². The van der Waals surface area contributed by atoms with Gasteiger partial charge in [-0.2, -0.15) is 0 Å². The molecule has 0 unspecified atom stereocenters. The zero-order chi connectivity index (χ0) is 29.2.